The Kier molecular flexibility index (Phi) is 6.71. The lowest BCUT2D eigenvalue weighted by Crippen LogP contribution is -2.28. The molecule has 9 heteroatoms. The van der Waals surface area contributed by atoms with Crippen molar-refractivity contribution in [1.29, 1.82) is 0 Å². The van der Waals surface area contributed by atoms with E-state index in [1.54, 1.807) is 30.3 Å². The van der Waals surface area contributed by atoms with E-state index < -0.39 is 10.0 Å². The number of hydrogen-bond acceptors (Lipinski definition) is 5. The smallest absolute Gasteiger partial charge is 0.261 e. The van der Waals surface area contributed by atoms with Crippen LogP contribution in [0.4, 0.5) is 5.69 Å². The van der Waals surface area contributed by atoms with Crippen molar-refractivity contribution >= 4 is 48.9 Å². The molecule has 1 aromatic heterocycles. The minimum atomic E-state index is -3.75. The maximum absolute atomic E-state index is 12.7. The Labute approximate surface area is 182 Å². The van der Waals surface area contributed by atoms with Gasteiger partial charge in [-0.2, -0.15) is 0 Å². The molecule has 29 heavy (non-hydrogen) atoms. The third kappa shape index (κ3) is 5.43. The summed E-state index contributed by atoms with van der Waals surface area (Å²) >= 11 is 4.79. The van der Waals surface area contributed by atoms with Crippen LogP contribution in [0.25, 0.3) is 0 Å². The van der Waals surface area contributed by atoms with Gasteiger partial charge in [0.2, 0.25) is 0 Å². The summed E-state index contributed by atoms with van der Waals surface area (Å²) in [6, 6.07) is 12.5. The number of anilines is 1. The summed E-state index contributed by atoms with van der Waals surface area (Å²) in [5.41, 5.74) is 1.61. The van der Waals surface area contributed by atoms with Crippen LogP contribution in [-0.2, 0) is 10.0 Å². The number of rotatable bonds is 7. The zero-order chi connectivity index (χ0) is 21.0. The first-order valence-corrected chi connectivity index (χ1v) is 12.1. The Balaban J connectivity index is 1.76. The number of halogens is 1. The van der Waals surface area contributed by atoms with Gasteiger partial charge in [-0.05, 0) is 55.8 Å². The quantitative estimate of drug-likeness (QED) is 0.489. The van der Waals surface area contributed by atoms with E-state index in [-0.39, 0.29) is 16.8 Å². The molecular weight excluding hydrogens is 474 g/mol. The van der Waals surface area contributed by atoms with Gasteiger partial charge in [0.05, 0.1) is 10.9 Å². The van der Waals surface area contributed by atoms with Crippen molar-refractivity contribution in [2.24, 2.45) is 0 Å². The lowest BCUT2D eigenvalue weighted by molar-refractivity contribution is 0.0935. The third-order valence-electron chi connectivity index (χ3n) is 4.15. The molecule has 1 atom stereocenters. The molecule has 1 heterocycles. The van der Waals surface area contributed by atoms with Gasteiger partial charge in [0, 0.05) is 26.8 Å². The Morgan fingerprint density at radius 3 is 2.55 bits per heavy atom. The number of amides is 1. The van der Waals surface area contributed by atoms with E-state index in [4.69, 9.17) is 0 Å². The van der Waals surface area contributed by atoms with E-state index in [1.807, 2.05) is 19.2 Å². The summed E-state index contributed by atoms with van der Waals surface area (Å²) in [5.74, 6) is -0.283. The van der Waals surface area contributed by atoms with Crippen LogP contribution in [-0.4, -0.2) is 19.3 Å². The number of carbonyl (C=O) groups excluding carboxylic acids is 1. The first kappa shape index (κ1) is 21.5. The first-order chi connectivity index (χ1) is 13.8. The molecule has 0 aliphatic heterocycles. The van der Waals surface area contributed by atoms with Gasteiger partial charge >= 0.3 is 0 Å². The van der Waals surface area contributed by atoms with Gasteiger partial charge < -0.3 is 5.32 Å². The zero-order valence-electron chi connectivity index (χ0n) is 15.8. The number of sulfonamides is 1. The van der Waals surface area contributed by atoms with E-state index in [1.165, 1.54) is 29.5 Å². The molecule has 0 saturated carbocycles. The maximum atomic E-state index is 12.7. The summed E-state index contributed by atoms with van der Waals surface area (Å²) in [5, 5.41) is 5.77. The van der Waals surface area contributed by atoms with E-state index in [0.29, 0.717) is 17.7 Å². The molecule has 3 rings (SSSR count). The summed E-state index contributed by atoms with van der Waals surface area (Å²) < 4.78 is 28.4. The van der Waals surface area contributed by atoms with Crippen molar-refractivity contribution in [3.8, 4) is 0 Å². The van der Waals surface area contributed by atoms with Gasteiger partial charge in [-0.3, -0.25) is 9.52 Å². The fraction of sp³-hybridized carbons (Fsp3) is 0.200. The van der Waals surface area contributed by atoms with Crippen molar-refractivity contribution in [3.05, 3.63) is 74.6 Å². The maximum Gasteiger partial charge on any atom is 0.261 e. The predicted octanol–water partition coefficient (Wildman–Crippen LogP) is 4.90. The highest BCUT2D eigenvalue weighted by atomic mass is 79.9. The molecule has 6 nitrogen and oxygen atoms in total. The number of hydrogen-bond donors (Lipinski definition) is 2. The van der Waals surface area contributed by atoms with Crippen LogP contribution in [0.3, 0.4) is 0 Å². The number of nitrogens with one attached hydrogen (secondary N) is 2. The Morgan fingerprint density at radius 1 is 1.21 bits per heavy atom. The normalized spacial score (nSPS) is 12.4. The Hall–Kier alpha value is -2.23. The molecule has 2 N–H and O–H groups in total. The molecule has 0 radical (unpaired) electrons. The number of benzene rings is 2. The molecule has 0 aliphatic rings. The minimum absolute atomic E-state index is 0.140. The van der Waals surface area contributed by atoms with Gasteiger partial charge in [-0.1, -0.05) is 28.9 Å². The highest BCUT2D eigenvalue weighted by molar-refractivity contribution is 9.10. The van der Waals surface area contributed by atoms with Gasteiger partial charge in [0.1, 0.15) is 5.01 Å². The van der Waals surface area contributed by atoms with Crippen LogP contribution in [0.1, 0.15) is 40.4 Å². The topological polar surface area (TPSA) is 88.2 Å². The average molecular weight is 494 g/mol. The van der Waals surface area contributed by atoms with Crippen LogP contribution >= 0.6 is 27.3 Å². The van der Waals surface area contributed by atoms with Crippen molar-refractivity contribution in [2.75, 3.05) is 4.72 Å². The fourth-order valence-corrected chi connectivity index (χ4v) is 4.91. The van der Waals surface area contributed by atoms with Gasteiger partial charge in [0.25, 0.3) is 15.9 Å². The standard InChI is InChI=1S/C20H20BrN3O3S2/c1-3-18(20-22-13(2)12-28-20)23-19(25)14-5-4-6-16(11-14)24-29(26,27)17-9-7-15(21)8-10-17/h4-12,18,24H,3H2,1-2H3,(H,23,25). The molecular formula is C20H20BrN3O3S2. The number of nitrogens with zero attached hydrogens (tertiary/aromatic N) is 1. The highest BCUT2D eigenvalue weighted by Gasteiger charge is 2.18. The number of carbonyl (C=O) groups is 1. The third-order valence-corrected chi connectivity index (χ3v) is 7.15. The largest absolute Gasteiger partial charge is 0.343 e. The lowest BCUT2D eigenvalue weighted by Gasteiger charge is -2.15. The molecule has 1 amide bonds. The minimum Gasteiger partial charge on any atom is -0.343 e. The average Bonchev–Trinajstić information content (AvgIpc) is 3.12. The number of thiazole rings is 1. The summed E-state index contributed by atoms with van der Waals surface area (Å²) in [4.78, 5) is 17.3. The Morgan fingerprint density at radius 2 is 1.93 bits per heavy atom. The van der Waals surface area contributed by atoms with Crippen molar-refractivity contribution < 1.29 is 13.2 Å². The second kappa shape index (κ2) is 9.06. The molecule has 0 aliphatic carbocycles. The van der Waals surface area contributed by atoms with Crippen molar-refractivity contribution in [2.45, 2.75) is 31.2 Å². The SMILES string of the molecule is CCC(NC(=O)c1cccc(NS(=O)(=O)c2ccc(Br)cc2)c1)c1nc(C)cs1. The van der Waals surface area contributed by atoms with Crippen LogP contribution < -0.4 is 10.0 Å². The monoisotopic (exact) mass is 493 g/mol. The summed E-state index contributed by atoms with van der Waals surface area (Å²) in [7, 11) is -3.75. The number of aromatic nitrogens is 1. The second-order valence-electron chi connectivity index (χ2n) is 6.40. The van der Waals surface area contributed by atoms with Crippen LogP contribution in [0, 0.1) is 6.92 Å². The van der Waals surface area contributed by atoms with Gasteiger partial charge in [0.15, 0.2) is 0 Å². The molecule has 0 spiro atoms. The molecule has 152 valence electrons. The second-order valence-corrected chi connectivity index (χ2v) is 9.89. The lowest BCUT2D eigenvalue weighted by atomic mass is 10.1. The van der Waals surface area contributed by atoms with Crippen molar-refractivity contribution in [3.63, 3.8) is 0 Å². The van der Waals surface area contributed by atoms with Crippen LogP contribution in [0.2, 0.25) is 0 Å². The zero-order valence-corrected chi connectivity index (χ0v) is 19.1. The molecule has 0 fully saturated rings. The predicted molar refractivity (Wildman–Crippen MR) is 119 cm³/mol. The summed E-state index contributed by atoms with van der Waals surface area (Å²) in [6.07, 6.45) is 0.703. The van der Waals surface area contributed by atoms with E-state index in [0.717, 1.165) is 15.2 Å². The van der Waals surface area contributed by atoms with E-state index >= 15 is 0 Å². The fourth-order valence-electron chi connectivity index (χ4n) is 2.66. The molecule has 3 aromatic rings. The Bertz CT molecular complexity index is 1110. The van der Waals surface area contributed by atoms with E-state index in [2.05, 4.69) is 31.0 Å². The molecule has 0 saturated heterocycles. The first-order valence-electron chi connectivity index (χ1n) is 8.90. The molecule has 0 bridgehead atoms. The molecule has 1 unspecified atom stereocenters. The number of aryl methyl sites for hydroxylation is 1. The van der Waals surface area contributed by atoms with Crippen molar-refractivity contribution in [1.82, 2.24) is 10.3 Å². The molecule has 2 aromatic carbocycles. The van der Waals surface area contributed by atoms with Crippen LogP contribution in [0.5, 0.6) is 0 Å². The van der Waals surface area contributed by atoms with Gasteiger partial charge in [-0.25, -0.2) is 13.4 Å². The van der Waals surface area contributed by atoms with E-state index in [9.17, 15) is 13.2 Å². The summed E-state index contributed by atoms with van der Waals surface area (Å²) in [6.45, 7) is 3.89. The van der Waals surface area contributed by atoms with Gasteiger partial charge in [-0.15, -0.1) is 11.3 Å². The highest BCUT2D eigenvalue weighted by Crippen LogP contribution is 2.23. The van der Waals surface area contributed by atoms with Crippen LogP contribution in [0.15, 0.2) is 63.3 Å².